The highest BCUT2D eigenvalue weighted by Crippen LogP contribution is 2.23. The number of aromatic nitrogens is 4. The van der Waals surface area contributed by atoms with Crippen LogP contribution < -0.4 is 10.2 Å². The largest absolute Gasteiger partial charge is 0.356 e. The van der Waals surface area contributed by atoms with E-state index in [-0.39, 0.29) is 0 Å². The Balaban J connectivity index is 2.53. The van der Waals surface area contributed by atoms with Gasteiger partial charge in [0, 0.05) is 19.6 Å². The second-order valence-corrected chi connectivity index (χ2v) is 3.71. The fourth-order valence-corrected chi connectivity index (χ4v) is 1.82. The van der Waals surface area contributed by atoms with Crippen molar-refractivity contribution in [1.82, 2.24) is 20.2 Å². The second kappa shape index (κ2) is 4.99. The van der Waals surface area contributed by atoms with Crippen LogP contribution in [0.25, 0.3) is 11.0 Å². The third-order valence-corrected chi connectivity index (χ3v) is 2.69. The molecule has 6 nitrogen and oxygen atoms in total. The summed E-state index contributed by atoms with van der Waals surface area (Å²) in [5, 5.41) is 11.0. The number of hydrogen-bond acceptors (Lipinski definition) is 5. The first-order valence-corrected chi connectivity index (χ1v) is 6.00. The van der Waals surface area contributed by atoms with E-state index in [0.717, 1.165) is 36.5 Å². The molecule has 2 aromatic rings. The molecule has 0 bridgehead atoms. The van der Waals surface area contributed by atoms with E-state index in [4.69, 9.17) is 0 Å². The molecule has 0 saturated heterocycles. The molecule has 0 amide bonds. The highest BCUT2D eigenvalue weighted by Gasteiger charge is 2.13. The van der Waals surface area contributed by atoms with Gasteiger partial charge in [-0.2, -0.15) is 15.1 Å². The summed E-state index contributed by atoms with van der Waals surface area (Å²) in [6, 6.07) is 0. The van der Waals surface area contributed by atoms with Crippen molar-refractivity contribution in [2.75, 3.05) is 29.9 Å². The average Bonchev–Trinajstić information content (AvgIpc) is 2.79. The Morgan fingerprint density at radius 3 is 2.65 bits per heavy atom. The van der Waals surface area contributed by atoms with E-state index in [1.165, 1.54) is 0 Å². The topological polar surface area (TPSA) is 69.7 Å². The quantitative estimate of drug-likeness (QED) is 0.823. The molecule has 0 saturated carbocycles. The standard InChI is InChI=1S/C11H18N6/c1-4-12-11-14-9-8(7-13-16-9)10(15-11)17(5-2)6-3/h7H,4-6H2,1-3H3,(H2,12,13,14,15,16). The van der Waals surface area contributed by atoms with E-state index in [1.807, 2.05) is 6.92 Å². The summed E-state index contributed by atoms with van der Waals surface area (Å²) in [6.45, 7) is 8.89. The van der Waals surface area contributed by atoms with Gasteiger partial charge >= 0.3 is 0 Å². The number of fused-ring (bicyclic) bond motifs is 1. The van der Waals surface area contributed by atoms with Crippen molar-refractivity contribution in [2.45, 2.75) is 20.8 Å². The van der Waals surface area contributed by atoms with Crippen molar-refractivity contribution in [1.29, 1.82) is 0 Å². The number of anilines is 2. The molecular formula is C11H18N6. The van der Waals surface area contributed by atoms with Gasteiger partial charge in [-0.15, -0.1) is 0 Å². The molecule has 0 spiro atoms. The molecule has 0 fully saturated rings. The van der Waals surface area contributed by atoms with Crippen LogP contribution in [0.4, 0.5) is 11.8 Å². The fraction of sp³-hybridized carbons (Fsp3) is 0.545. The lowest BCUT2D eigenvalue weighted by molar-refractivity contribution is 0.848. The lowest BCUT2D eigenvalue weighted by Crippen LogP contribution is -2.23. The first kappa shape index (κ1) is 11.6. The average molecular weight is 234 g/mol. The molecule has 0 atom stereocenters. The molecule has 0 aliphatic heterocycles. The van der Waals surface area contributed by atoms with Crippen LogP contribution in [-0.2, 0) is 0 Å². The molecule has 2 aromatic heterocycles. The minimum absolute atomic E-state index is 0.645. The second-order valence-electron chi connectivity index (χ2n) is 3.71. The maximum Gasteiger partial charge on any atom is 0.226 e. The van der Waals surface area contributed by atoms with Crippen molar-refractivity contribution in [3.63, 3.8) is 0 Å². The molecule has 2 heterocycles. The third kappa shape index (κ3) is 2.15. The van der Waals surface area contributed by atoms with Gasteiger partial charge in [-0.1, -0.05) is 0 Å². The van der Waals surface area contributed by atoms with Gasteiger partial charge < -0.3 is 10.2 Å². The summed E-state index contributed by atoms with van der Waals surface area (Å²) < 4.78 is 0. The summed E-state index contributed by atoms with van der Waals surface area (Å²) in [4.78, 5) is 11.1. The minimum atomic E-state index is 0.645. The van der Waals surface area contributed by atoms with Crippen LogP contribution in [0.2, 0.25) is 0 Å². The van der Waals surface area contributed by atoms with Gasteiger partial charge in [0.15, 0.2) is 5.65 Å². The van der Waals surface area contributed by atoms with Gasteiger partial charge in [0.05, 0.1) is 11.6 Å². The molecule has 2 rings (SSSR count). The summed E-state index contributed by atoms with van der Waals surface area (Å²) >= 11 is 0. The van der Waals surface area contributed by atoms with E-state index in [0.29, 0.717) is 5.95 Å². The molecule has 17 heavy (non-hydrogen) atoms. The van der Waals surface area contributed by atoms with Crippen LogP contribution in [-0.4, -0.2) is 39.8 Å². The number of nitrogens with zero attached hydrogens (tertiary/aromatic N) is 4. The maximum atomic E-state index is 4.55. The first-order chi connectivity index (χ1) is 8.30. The van der Waals surface area contributed by atoms with E-state index in [1.54, 1.807) is 6.20 Å². The van der Waals surface area contributed by atoms with Gasteiger partial charge in [-0.3, -0.25) is 5.10 Å². The van der Waals surface area contributed by atoms with Crippen molar-refractivity contribution < 1.29 is 0 Å². The van der Waals surface area contributed by atoms with Crippen LogP contribution in [0, 0.1) is 0 Å². The number of H-pyrrole nitrogens is 1. The number of aromatic amines is 1. The predicted molar refractivity (Wildman–Crippen MR) is 69.4 cm³/mol. The monoisotopic (exact) mass is 234 g/mol. The fourth-order valence-electron chi connectivity index (χ4n) is 1.82. The first-order valence-electron chi connectivity index (χ1n) is 6.00. The Hall–Kier alpha value is -1.85. The van der Waals surface area contributed by atoms with Gasteiger partial charge in [0.25, 0.3) is 0 Å². The van der Waals surface area contributed by atoms with Crippen LogP contribution in [0.15, 0.2) is 6.20 Å². The summed E-state index contributed by atoms with van der Waals surface area (Å²) in [5.74, 6) is 1.58. The molecule has 0 aromatic carbocycles. The predicted octanol–water partition coefficient (Wildman–Crippen LogP) is 1.63. The zero-order chi connectivity index (χ0) is 12.3. The van der Waals surface area contributed by atoms with Crippen molar-refractivity contribution >= 4 is 22.8 Å². The number of hydrogen-bond donors (Lipinski definition) is 2. The lowest BCUT2D eigenvalue weighted by atomic mass is 10.3. The van der Waals surface area contributed by atoms with E-state index in [2.05, 4.69) is 44.2 Å². The third-order valence-electron chi connectivity index (χ3n) is 2.69. The zero-order valence-corrected chi connectivity index (χ0v) is 10.5. The molecule has 0 radical (unpaired) electrons. The van der Waals surface area contributed by atoms with Crippen molar-refractivity contribution in [3.05, 3.63) is 6.20 Å². The van der Waals surface area contributed by atoms with E-state index >= 15 is 0 Å². The Labute approximate surface area is 100 Å². The van der Waals surface area contributed by atoms with Crippen molar-refractivity contribution in [2.24, 2.45) is 0 Å². The summed E-state index contributed by atoms with van der Waals surface area (Å²) in [5.41, 5.74) is 0.776. The zero-order valence-electron chi connectivity index (χ0n) is 10.5. The Morgan fingerprint density at radius 2 is 2.00 bits per heavy atom. The highest BCUT2D eigenvalue weighted by atomic mass is 15.3. The van der Waals surface area contributed by atoms with Crippen LogP contribution >= 0.6 is 0 Å². The van der Waals surface area contributed by atoms with Gasteiger partial charge in [0.1, 0.15) is 5.82 Å². The molecule has 0 unspecified atom stereocenters. The molecule has 92 valence electrons. The maximum absolute atomic E-state index is 4.55. The van der Waals surface area contributed by atoms with Gasteiger partial charge in [0.2, 0.25) is 5.95 Å². The molecule has 0 aliphatic rings. The number of nitrogens with one attached hydrogen (secondary N) is 2. The van der Waals surface area contributed by atoms with E-state index < -0.39 is 0 Å². The van der Waals surface area contributed by atoms with Crippen LogP contribution in [0.5, 0.6) is 0 Å². The van der Waals surface area contributed by atoms with E-state index in [9.17, 15) is 0 Å². The highest BCUT2D eigenvalue weighted by molar-refractivity contribution is 5.87. The molecule has 6 heteroatoms. The Kier molecular flexibility index (Phi) is 3.41. The number of rotatable bonds is 5. The van der Waals surface area contributed by atoms with Crippen LogP contribution in [0.3, 0.4) is 0 Å². The van der Waals surface area contributed by atoms with Gasteiger partial charge in [-0.05, 0) is 20.8 Å². The Bertz CT molecular complexity index is 488. The molecule has 2 N–H and O–H groups in total. The van der Waals surface area contributed by atoms with Crippen LogP contribution in [0.1, 0.15) is 20.8 Å². The van der Waals surface area contributed by atoms with Gasteiger partial charge in [-0.25, -0.2) is 0 Å². The smallest absolute Gasteiger partial charge is 0.226 e. The minimum Gasteiger partial charge on any atom is -0.356 e. The molecule has 0 aliphatic carbocycles. The SMILES string of the molecule is CCNc1nc(N(CC)CC)c2cn[nH]c2n1. The lowest BCUT2D eigenvalue weighted by Gasteiger charge is -2.20. The summed E-state index contributed by atoms with van der Waals surface area (Å²) in [6.07, 6.45) is 1.78. The Morgan fingerprint density at radius 1 is 1.24 bits per heavy atom. The summed E-state index contributed by atoms with van der Waals surface area (Å²) in [7, 11) is 0. The van der Waals surface area contributed by atoms with Crippen molar-refractivity contribution in [3.8, 4) is 0 Å². The normalized spacial score (nSPS) is 10.8. The molecular weight excluding hydrogens is 216 g/mol.